The van der Waals surface area contributed by atoms with Crippen LogP contribution in [0.4, 0.5) is 0 Å². The lowest BCUT2D eigenvalue weighted by Crippen LogP contribution is -2.44. The highest BCUT2D eigenvalue weighted by Gasteiger charge is 2.29. The van der Waals surface area contributed by atoms with Crippen LogP contribution in [0, 0.1) is 0 Å². The van der Waals surface area contributed by atoms with Crippen molar-refractivity contribution < 1.29 is 22.9 Å². The summed E-state index contributed by atoms with van der Waals surface area (Å²) in [6.45, 7) is 1.02. The van der Waals surface area contributed by atoms with Crippen LogP contribution in [0.25, 0.3) is 0 Å². The van der Waals surface area contributed by atoms with E-state index in [1.165, 1.54) is 0 Å². The fourth-order valence-corrected chi connectivity index (χ4v) is 0.873. The second kappa shape index (κ2) is 3.16. The van der Waals surface area contributed by atoms with E-state index < -0.39 is 27.4 Å². The molecule has 0 saturated carbocycles. The third kappa shape index (κ3) is 2.83. The Labute approximate surface area is 63.8 Å². The standard InChI is InChI=1S/C4H9NO5S/c1-2(11(8,9)10)3(5)4(6)7/h2-3H,5H2,1H3,(H,6,7)(H,8,9,10). The van der Waals surface area contributed by atoms with Gasteiger partial charge in [0.25, 0.3) is 10.1 Å². The van der Waals surface area contributed by atoms with Crippen molar-refractivity contribution in [2.24, 2.45) is 5.73 Å². The van der Waals surface area contributed by atoms with E-state index in [2.05, 4.69) is 0 Å². The van der Waals surface area contributed by atoms with Crippen molar-refractivity contribution in [3.05, 3.63) is 0 Å². The minimum absolute atomic E-state index is 1.02. The SMILES string of the molecule is CC(C(N)C(=O)O)S(=O)(=O)O. The largest absolute Gasteiger partial charge is 0.480 e. The smallest absolute Gasteiger partial charge is 0.321 e. The Morgan fingerprint density at radius 3 is 2.00 bits per heavy atom. The molecule has 0 fully saturated rings. The van der Waals surface area contributed by atoms with Crippen LogP contribution in [-0.2, 0) is 14.9 Å². The van der Waals surface area contributed by atoms with Gasteiger partial charge in [-0.15, -0.1) is 0 Å². The molecule has 11 heavy (non-hydrogen) atoms. The third-order valence-electron chi connectivity index (χ3n) is 1.26. The fraction of sp³-hybridized carbons (Fsp3) is 0.750. The molecule has 0 aromatic heterocycles. The summed E-state index contributed by atoms with van der Waals surface area (Å²) in [5, 5.41) is 6.73. The van der Waals surface area contributed by atoms with Gasteiger partial charge in [-0.25, -0.2) is 0 Å². The molecule has 7 heteroatoms. The van der Waals surface area contributed by atoms with Crippen LogP contribution in [0.5, 0.6) is 0 Å². The van der Waals surface area contributed by atoms with Gasteiger partial charge in [0.2, 0.25) is 0 Å². The molecule has 0 bridgehead atoms. The molecule has 0 aliphatic rings. The first-order valence-electron chi connectivity index (χ1n) is 2.71. The summed E-state index contributed by atoms with van der Waals surface area (Å²) in [7, 11) is -4.35. The fourth-order valence-electron chi connectivity index (χ4n) is 0.386. The Balaban J connectivity index is 4.51. The van der Waals surface area contributed by atoms with Gasteiger partial charge in [0, 0.05) is 0 Å². The maximum absolute atomic E-state index is 10.3. The Morgan fingerprint density at radius 1 is 1.55 bits per heavy atom. The second-order valence-corrected chi connectivity index (χ2v) is 3.86. The minimum atomic E-state index is -4.35. The van der Waals surface area contributed by atoms with Gasteiger partial charge in [0.05, 0.1) is 0 Å². The number of hydrogen-bond acceptors (Lipinski definition) is 4. The summed E-state index contributed by atoms with van der Waals surface area (Å²) >= 11 is 0. The van der Waals surface area contributed by atoms with E-state index in [-0.39, 0.29) is 0 Å². The zero-order chi connectivity index (χ0) is 9.23. The average molecular weight is 183 g/mol. The number of carboxylic acid groups (broad SMARTS) is 1. The topological polar surface area (TPSA) is 118 Å². The molecule has 0 aromatic carbocycles. The first-order valence-corrected chi connectivity index (χ1v) is 4.22. The quantitative estimate of drug-likeness (QED) is 0.467. The van der Waals surface area contributed by atoms with Gasteiger partial charge < -0.3 is 10.8 Å². The first kappa shape index (κ1) is 10.3. The summed E-state index contributed by atoms with van der Waals surface area (Å²) in [6, 6.07) is -1.59. The second-order valence-electron chi connectivity index (χ2n) is 2.08. The highest BCUT2D eigenvalue weighted by Crippen LogP contribution is 2.01. The van der Waals surface area contributed by atoms with Crippen molar-refractivity contribution in [1.82, 2.24) is 0 Å². The molecule has 4 N–H and O–H groups in total. The van der Waals surface area contributed by atoms with Crippen molar-refractivity contribution in [3.63, 3.8) is 0 Å². The molecule has 0 aromatic rings. The monoisotopic (exact) mass is 183 g/mol. The Hall–Kier alpha value is -0.660. The number of hydrogen-bond donors (Lipinski definition) is 3. The normalized spacial score (nSPS) is 17.4. The number of aliphatic carboxylic acids is 1. The highest BCUT2D eigenvalue weighted by atomic mass is 32.2. The van der Waals surface area contributed by atoms with Gasteiger partial charge in [-0.1, -0.05) is 0 Å². The highest BCUT2D eigenvalue weighted by molar-refractivity contribution is 7.86. The van der Waals surface area contributed by atoms with Crippen LogP contribution in [0.3, 0.4) is 0 Å². The number of carboxylic acids is 1. The molecule has 0 spiro atoms. The summed E-state index contributed by atoms with van der Waals surface area (Å²) in [4.78, 5) is 10.1. The van der Waals surface area contributed by atoms with Gasteiger partial charge in [-0.3, -0.25) is 9.35 Å². The minimum Gasteiger partial charge on any atom is -0.480 e. The van der Waals surface area contributed by atoms with E-state index in [4.69, 9.17) is 15.4 Å². The first-order chi connectivity index (χ1) is 4.76. The summed E-state index contributed by atoms with van der Waals surface area (Å²) in [5.41, 5.74) is 4.91. The van der Waals surface area contributed by atoms with E-state index >= 15 is 0 Å². The lowest BCUT2D eigenvalue weighted by Gasteiger charge is -2.11. The zero-order valence-electron chi connectivity index (χ0n) is 5.76. The number of nitrogens with two attached hydrogens (primary N) is 1. The third-order valence-corrected chi connectivity index (χ3v) is 2.49. The molecule has 2 unspecified atom stereocenters. The van der Waals surface area contributed by atoms with Gasteiger partial charge in [-0.05, 0) is 6.92 Å². The average Bonchev–Trinajstić information content (AvgIpc) is 1.82. The maximum Gasteiger partial charge on any atom is 0.321 e. The molecule has 0 saturated heterocycles. The van der Waals surface area contributed by atoms with E-state index in [1.807, 2.05) is 0 Å². The Bertz CT molecular complexity index is 245. The molecule has 0 radical (unpaired) electrons. The predicted octanol–water partition coefficient (Wildman–Crippen LogP) is -1.33. The van der Waals surface area contributed by atoms with E-state index in [0.717, 1.165) is 6.92 Å². The van der Waals surface area contributed by atoms with Gasteiger partial charge in [0.15, 0.2) is 0 Å². The van der Waals surface area contributed by atoms with E-state index in [9.17, 15) is 13.2 Å². The van der Waals surface area contributed by atoms with Gasteiger partial charge >= 0.3 is 5.97 Å². The number of rotatable bonds is 3. The van der Waals surface area contributed by atoms with Crippen molar-refractivity contribution >= 4 is 16.1 Å². The molecule has 0 heterocycles. The predicted molar refractivity (Wildman–Crippen MR) is 36.6 cm³/mol. The zero-order valence-corrected chi connectivity index (χ0v) is 6.58. The molecule has 0 rings (SSSR count). The van der Waals surface area contributed by atoms with Crippen molar-refractivity contribution in [3.8, 4) is 0 Å². The van der Waals surface area contributed by atoms with Crippen LogP contribution in [0.1, 0.15) is 6.92 Å². The lowest BCUT2D eigenvalue weighted by atomic mass is 10.2. The molecule has 6 nitrogen and oxygen atoms in total. The lowest BCUT2D eigenvalue weighted by molar-refractivity contribution is -0.138. The summed E-state index contributed by atoms with van der Waals surface area (Å²) < 4.78 is 28.9. The van der Waals surface area contributed by atoms with Gasteiger partial charge in [-0.2, -0.15) is 8.42 Å². The summed E-state index contributed by atoms with van der Waals surface area (Å²) in [6.07, 6.45) is 0. The molecular weight excluding hydrogens is 174 g/mol. The molecule has 0 amide bonds. The van der Waals surface area contributed by atoms with Crippen LogP contribution >= 0.6 is 0 Å². The van der Waals surface area contributed by atoms with Gasteiger partial charge in [0.1, 0.15) is 11.3 Å². The molecular formula is C4H9NO5S. The number of carbonyl (C=O) groups is 1. The molecule has 66 valence electrons. The Kier molecular flexibility index (Phi) is 2.97. The van der Waals surface area contributed by atoms with Crippen molar-refractivity contribution in [1.29, 1.82) is 0 Å². The molecule has 2 atom stereocenters. The van der Waals surface area contributed by atoms with E-state index in [1.54, 1.807) is 0 Å². The van der Waals surface area contributed by atoms with Crippen LogP contribution < -0.4 is 5.73 Å². The van der Waals surface area contributed by atoms with Crippen LogP contribution in [0.15, 0.2) is 0 Å². The molecule has 0 aliphatic heterocycles. The summed E-state index contributed by atoms with van der Waals surface area (Å²) in [5.74, 6) is -1.46. The Morgan fingerprint density at radius 2 is 1.91 bits per heavy atom. The van der Waals surface area contributed by atoms with Crippen LogP contribution in [-0.4, -0.2) is 35.3 Å². The van der Waals surface area contributed by atoms with Crippen LogP contribution in [0.2, 0.25) is 0 Å². The van der Waals surface area contributed by atoms with E-state index in [0.29, 0.717) is 0 Å². The van der Waals surface area contributed by atoms with Crippen molar-refractivity contribution in [2.75, 3.05) is 0 Å². The maximum atomic E-state index is 10.3. The van der Waals surface area contributed by atoms with Crippen molar-refractivity contribution in [2.45, 2.75) is 18.2 Å². The molecule has 0 aliphatic carbocycles.